The molecule has 0 aromatic heterocycles. The molecule has 0 N–H and O–H groups in total. The first-order chi connectivity index (χ1) is 13.3. The van der Waals surface area contributed by atoms with E-state index in [0.29, 0.717) is 22.3 Å². The van der Waals surface area contributed by atoms with Crippen LogP contribution in [0, 0.1) is 5.82 Å². The first-order valence-corrected chi connectivity index (χ1v) is 9.54. The second kappa shape index (κ2) is 8.28. The summed E-state index contributed by atoms with van der Waals surface area (Å²) in [6.45, 7) is 0.268. The number of amides is 1. The summed E-state index contributed by atoms with van der Waals surface area (Å²) in [5.41, 5.74) is 2.05. The summed E-state index contributed by atoms with van der Waals surface area (Å²) in [4.78, 5) is 15.5. The van der Waals surface area contributed by atoms with Gasteiger partial charge < -0.3 is 14.4 Å². The van der Waals surface area contributed by atoms with E-state index in [1.807, 2.05) is 0 Å². The smallest absolute Gasteiger partial charge is 0.276 e. The molecule has 1 saturated heterocycles. The van der Waals surface area contributed by atoms with Crippen LogP contribution in [0.25, 0.3) is 6.08 Å². The number of nitrogens with zero attached hydrogens (tertiary/aromatic N) is 2. The van der Waals surface area contributed by atoms with E-state index >= 15 is 0 Å². The van der Waals surface area contributed by atoms with Crippen LogP contribution in [-0.2, 0) is 11.4 Å². The number of benzene rings is 2. The van der Waals surface area contributed by atoms with Gasteiger partial charge >= 0.3 is 0 Å². The second-order valence-electron chi connectivity index (χ2n) is 6.18. The van der Waals surface area contributed by atoms with Gasteiger partial charge in [0.1, 0.15) is 18.1 Å². The van der Waals surface area contributed by atoms with Crippen molar-refractivity contribution < 1.29 is 18.7 Å². The van der Waals surface area contributed by atoms with Crippen LogP contribution < -0.4 is 9.47 Å². The minimum Gasteiger partial charge on any atom is -0.493 e. The molecule has 1 heterocycles. The molecule has 2 aromatic rings. The van der Waals surface area contributed by atoms with Crippen LogP contribution in [0.1, 0.15) is 11.1 Å². The monoisotopic (exact) mass is 464 g/mol. The van der Waals surface area contributed by atoms with Crippen LogP contribution in [0.5, 0.6) is 11.5 Å². The lowest BCUT2D eigenvalue weighted by Crippen LogP contribution is -2.26. The quantitative estimate of drug-likeness (QED) is 0.489. The third kappa shape index (κ3) is 4.02. The zero-order chi connectivity index (χ0) is 20.4. The van der Waals surface area contributed by atoms with Crippen molar-refractivity contribution in [3.05, 3.63) is 63.5 Å². The van der Waals surface area contributed by atoms with Crippen LogP contribution >= 0.6 is 28.1 Å². The minimum atomic E-state index is -0.294. The van der Waals surface area contributed by atoms with E-state index in [4.69, 9.17) is 21.7 Å². The molecule has 0 unspecified atom stereocenters. The van der Waals surface area contributed by atoms with Crippen molar-refractivity contribution in [2.45, 2.75) is 6.61 Å². The topological polar surface area (TPSA) is 42.0 Å². The first kappa shape index (κ1) is 20.3. The van der Waals surface area contributed by atoms with Gasteiger partial charge in [-0.05, 0) is 53.7 Å². The fourth-order valence-electron chi connectivity index (χ4n) is 2.71. The Morgan fingerprint density at radius 3 is 2.39 bits per heavy atom. The molecular weight excluding hydrogens is 447 g/mol. The largest absolute Gasteiger partial charge is 0.493 e. The standard InChI is InChI=1S/C20H18BrFN2O3S/c1-23-16(19(25)24(2)20(23)28)8-13-9-17(26-3)18(10-15(13)21)27-11-12-4-6-14(22)7-5-12/h4-10H,11H2,1-3H3/b16-8-. The average Bonchev–Trinajstić information content (AvgIpc) is 2.86. The number of hydrogen-bond donors (Lipinski definition) is 0. The molecule has 0 atom stereocenters. The third-order valence-corrected chi connectivity index (χ3v) is 5.58. The maximum absolute atomic E-state index is 13.0. The van der Waals surface area contributed by atoms with Gasteiger partial charge in [-0.15, -0.1) is 0 Å². The number of hydrogen-bond acceptors (Lipinski definition) is 4. The van der Waals surface area contributed by atoms with Gasteiger partial charge in [-0.2, -0.15) is 0 Å². The molecule has 2 aromatic carbocycles. The van der Waals surface area contributed by atoms with E-state index in [0.717, 1.165) is 15.6 Å². The number of rotatable bonds is 5. The molecule has 0 radical (unpaired) electrons. The fraction of sp³-hybridized carbons (Fsp3) is 0.200. The third-order valence-electron chi connectivity index (χ3n) is 4.34. The summed E-state index contributed by atoms with van der Waals surface area (Å²) in [6, 6.07) is 9.65. The zero-order valence-corrected chi connectivity index (χ0v) is 17.9. The molecular formula is C20H18BrFN2O3S. The van der Waals surface area contributed by atoms with Crippen molar-refractivity contribution in [1.29, 1.82) is 0 Å². The molecule has 1 aliphatic rings. The molecule has 28 heavy (non-hydrogen) atoms. The van der Waals surface area contributed by atoms with E-state index in [9.17, 15) is 9.18 Å². The lowest BCUT2D eigenvalue weighted by atomic mass is 10.1. The van der Waals surface area contributed by atoms with Crippen LogP contribution in [-0.4, -0.2) is 42.0 Å². The van der Waals surface area contributed by atoms with Gasteiger partial charge in [-0.3, -0.25) is 9.69 Å². The van der Waals surface area contributed by atoms with Gasteiger partial charge in [-0.25, -0.2) is 4.39 Å². The minimum absolute atomic E-state index is 0.171. The van der Waals surface area contributed by atoms with Gasteiger partial charge in [-0.1, -0.05) is 28.1 Å². The van der Waals surface area contributed by atoms with E-state index < -0.39 is 0 Å². The number of thiocarbonyl (C=S) groups is 1. The van der Waals surface area contributed by atoms with Crippen molar-refractivity contribution in [1.82, 2.24) is 9.80 Å². The molecule has 1 amide bonds. The van der Waals surface area contributed by atoms with Gasteiger partial charge in [0.05, 0.1) is 7.11 Å². The molecule has 0 spiro atoms. The maximum Gasteiger partial charge on any atom is 0.276 e. The Morgan fingerprint density at radius 2 is 1.82 bits per heavy atom. The van der Waals surface area contributed by atoms with E-state index in [1.165, 1.54) is 17.0 Å². The summed E-state index contributed by atoms with van der Waals surface area (Å²) in [6.07, 6.45) is 1.74. The summed E-state index contributed by atoms with van der Waals surface area (Å²) < 4.78 is 25.0. The van der Waals surface area contributed by atoms with Crippen molar-refractivity contribution in [2.75, 3.05) is 21.2 Å². The van der Waals surface area contributed by atoms with Crippen molar-refractivity contribution in [3.8, 4) is 11.5 Å². The molecule has 5 nitrogen and oxygen atoms in total. The van der Waals surface area contributed by atoms with Crippen LogP contribution in [0.15, 0.2) is 46.6 Å². The molecule has 8 heteroatoms. The molecule has 1 aliphatic heterocycles. The Kier molecular flexibility index (Phi) is 6.00. The van der Waals surface area contributed by atoms with Crippen molar-refractivity contribution in [2.24, 2.45) is 0 Å². The Morgan fingerprint density at radius 1 is 1.14 bits per heavy atom. The summed E-state index contributed by atoms with van der Waals surface area (Å²) in [5, 5.41) is 0.443. The van der Waals surface area contributed by atoms with Gasteiger partial charge in [0.25, 0.3) is 5.91 Å². The second-order valence-corrected chi connectivity index (χ2v) is 7.39. The van der Waals surface area contributed by atoms with E-state index in [-0.39, 0.29) is 18.3 Å². The van der Waals surface area contributed by atoms with Gasteiger partial charge in [0.2, 0.25) is 0 Å². The Hall–Kier alpha value is -2.45. The molecule has 0 bridgehead atoms. The number of likely N-dealkylation sites (N-methyl/N-ethyl adjacent to an activating group) is 2. The Balaban J connectivity index is 1.87. The highest BCUT2D eigenvalue weighted by molar-refractivity contribution is 9.10. The summed E-state index contributed by atoms with van der Waals surface area (Å²) in [7, 11) is 4.94. The summed E-state index contributed by atoms with van der Waals surface area (Å²) >= 11 is 8.75. The maximum atomic E-state index is 13.0. The van der Waals surface area contributed by atoms with Crippen LogP contribution in [0.2, 0.25) is 0 Å². The van der Waals surface area contributed by atoms with E-state index in [2.05, 4.69) is 15.9 Å². The number of carbonyl (C=O) groups excluding carboxylic acids is 1. The lowest BCUT2D eigenvalue weighted by Gasteiger charge is -2.14. The Labute approximate surface area is 176 Å². The molecule has 3 rings (SSSR count). The molecule has 0 saturated carbocycles. The average molecular weight is 465 g/mol. The van der Waals surface area contributed by atoms with Crippen LogP contribution in [0.3, 0.4) is 0 Å². The van der Waals surface area contributed by atoms with E-state index in [1.54, 1.807) is 56.4 Å². The predicted octanol–water partition coefficient (Wildman–Crippen LogP) is 4.21. The van der Waals surface area contributed by atoms with Crippen molar-refractivity contribution >= 4 is 45.2 Å². The number of carbonyl (C=O) groups is 1. The highest BCUT2D eigenvalue weighted by Crippen LogP contribution is 2.36. The number of halogens is 2. The fourth-order valence-corrected chi connectivity index (χ4v) is 3.33. The SMILES string of the molecule is COc1cc(/C=C2/C(=O)N(C)C(=S)N2C)c(Br)cc1OCc1ccc(F)cc1. The molecule has 146 valence electrons. The highest BCUT2D eigenvalue weighted by Gasteiger charge is 2.32. The molecule has 1 fully saturated rings. The summed E-state index contributed by atoms with van der Waals surface area (Å²) in [5.74, 6) is 0.578. The van der Waals surface area contributed by atoms with Gasteiger partial charge in [0, 0.05) is 18.6 Å². The first-order valence-electron chi connectivity index (χ1n) is 8.34. The highest BCUT2D eigenvalue weighted by atomic mass is 79.9. The molecule has 0 aliphatic carbocycles. The van der Waals surface area contributed by atoms with Gasteiger partial charge in [0.15, 0.2) is 16.6 Å². The lowest BCUT2D eigenvalue weighted by molar-refractivity contribution is -0.121. The normalized spacial score (nSPS) is 15.5. The number of methoxy groups -OCH3 is 1. The zero-order valence-electron chi connectivity index (χ0n) is 15.5. The predicted molar refractivity (Wildman–Crippen MR) is 113 cm³/mol. The van der Waals surface area contributed by atoms with Crippen LogP contribution in [0.4, 0.5) is 4.39 Å². The van der Waals surface area contributed by atoms with Crippen molar-refractivity contribution in [3.63, 3.8) is 0 Å². The Bertz CT molecular complexity index is 963. The number of ether oxygens (including phenoxy) is 2.